The average Bonchev–Trinajstić information content (AvgIpc) is 2.92. The zero-order chi connectivity index (χ0) is 30.6. The van der Waals surface area contributed by atoms with Gasteiger partial charge < -0.3 is 15.5 Å². The molecule has 0 spiro atoms. The van der Waals surface area contributed by atoms with Crippen LogP contribution in [0.1, 0.15) is 142 Å². The van der Waals surface area contributed by atoms with Gasteiger partial charge in [0.25, 0.3) is 10.1 Å². The minimum Gasteiger partial charge on any atom is -0.387 e. The topological polar surface area (TPSA) is 124 Å². The zero-order valence-electron chi connectivity index (χ0n) is 26.0. The van der Waals surface area contributed by atoms with E-state index in [9.17, 15) is 28.0 Å². The predicted molar refractivity (Wildman–Crippen MR) is 171 cm³/mol. The van der Waals surface area contributed by atoms with Crippen molar-refractivity contribution in [1.29, 1.82) is 0 Å². The number of hydrogen-bond acceptors (Lipinski definition) is 5. The Kier molecular flexibility index (Phi) is 26.4. The normalized spacial score (nSPS) is 14.8. The molecule has 7 nitrogen and oxygen atoms in total. The van der Waals surface area contributed by atoms with Crippen molar-refractivity contribution in [2.75, 3.05) is 5.75 Å². The third kappa shape index (κ3) is 27.1. The first-order chi connectivity index (χ1) is 19.7. The second kappa shape index (κ2) is 27.4. The van der Waals surface area contributed by atoms with E-state index in [2.05, 4.69) is 43.5 Å². The lowest BCUT2D eigenvalue weighted by molar-refractivity contribution is -0.130. The SMILES string of the molecule is CC/C=C/CC/C=C/CC/C=C/C(O)C(CS(=O)(=O)O)NC(=O)C(O)CCCCCCCCCCCCCCCC. The molecule has 0 saturated carbocycles. The highest BCUT2D eigenvalue weighted by Gasteiger charge is 2.27. The third-order valence-corrected chi connectivity index (χ3v) is 7.95. The van der Waals surface area contributed by atoms with Gasteiger partial charge in [-0.05, 0) is 38.5 Å². The van der Waals surface area contributed by atoms with E-state index in [1.807, 2.05) is 0 Å². The summed E-state index contributed by atoms with van der Waals surface area (Å²) in [6.45, 7) is 4.34. The van der Waals surface area contributed by atoms with Gasteiger partial charge in [0.2, 0.25) is 5.91 Å². The second-order valence-corrected chi connectivity index (χ2v) is 12.7. The van der Waals surface area contributed by atoms with Crippen molar-refractivity contribution in [3.63, 3.8) is 0 Å². The van der Waals surface area contributed by atoms with E-state index in [0.717, 1.165) is 44.9 Å². The van der Waals surface area contributed by atoms with E-state index < -0.39 is 40.0 Å². The number of nitrogens with one attached hydrogen (secondary N) is 1. The van der Waals surface area contributed by atoms with Crippen LogP contribution in [0.25, 0.3) is 0 Å². The quantitative estimate of drug-likeness (QED) is 0.0417. The van der Waals surface area contributed by atoms with Crippen molar-refractivity contribution in [3.05, 3.63) is 36.5 Å². The van der Waals surface area contributed by atoms with Gasteiger partial charge in [0.1, 0.15) is 6.10 Å². The minimum absolute atomic E-state index is 0.273. The van der Waals surface area contributed by atoms with Gasteiger partial charge in [-0.3, -0.25) is 9.35 Å². The van der Waals surface area contributed by atoms with Gasteiger partial charge in [-0.1, -0.05) is 140 Å². The number of allylic oxidation sites excluding steroid dienone is 5. The first kappa shape index (κ1) is 39.5. The summed E-state index contributed by atoms with van der Waals surface area (Å²) >= 11 is 0. The molecule has 0 radical (unpaired) electrons. The predicted octanol–water partition coefficient (Wildman–Crippen LogP) is 7.59. The molecule has 0 rings (SSSR count). The fraction of sp³-hybridized carbons (Fsp3) is 0.788. The van der Waals surface area contributed by atoms with E-state index in [1.54, 1.807) is 6.08 Å². The molecule has 0 aliphatic rings. The summed E-state index contributed by atoms with van der Waals surface area (Å²) in [5, 5.41) is 23.1. The molecular weight excluding hydrogens is 538 g/mol. The lowest BCUT2D eigenvalue weighted by atomic mass is 10.0. The van der Waals surface area contributed by atoms with Crippen LogP contribution >= 0.6 is 0 Å². The molecule has 0 saturated heterocycles. The van der Waals surface area contributed by atoms with E-state index >= 15 is 0 Å². The van der Waals surface area contributed by atoms with Gasteiger partial charge in [0.05, 0.1) is 17.9 Å². The molecule has 0 heterocycles. The van der Waals surface area contributed by atoms with Crippen molar-refractivity contribution in [1.82, 2.24) is 5.32 Å². The lowest BCUT2D eigenvalue weighted by Gasteiger charge is -2.22. The van der Waals surface area contributed by atoms with E-state index in [4.69, 9.17) is 0 Å². The summed E-state index contributed by atoms with van der Waals surface area (Å²) in [6, 6.07) is -1.25. The van der Waals surface area contributed by atoms with E-state index in [-0.39, 0.29) is 6.42 Å². The maximum absolute atomic E-state index is 12.5. The number of unbranched alkanes of at least 4 members (excludes halogenated alkanes) is 15. The van der Waals surface area contributed by atoms with E-state index in [0.29, 0.717) is 12.8 Å². The Hall–Kier alpha value is -1.48. The van der Waals surface area contributed by atoms with Gasteiger partial charge >= 0.3 is 0 Å². The summed E-state index contributed by atoms with van der Waals surface area (Å²) in [5.41, 5.74) is 0. The van der Waals surface area contributed by atoms with Crippen LogP contribution in [0.2, 0.25) is 0 Å². The summed E-state index contributed by atoms with van der Waals surface area (Å²) in [5.74, 6) is -1.57. The van der Waals surface area contributed by atoms with Crippen molar-refractivity contribution in [2.24, 2.45) is 0 Å². The Labute approximate surface area is 251 Å². The van der Waals surface area contributed by atoms with Crippen molar-refractivity contribution >= 4 is 16.0 Å². The highest BCUT2D eigenvalue weighted by atomic mass is 32.2. The summed E-state index contributed by atoms with van der Waals surface area (Å²) in [4.78, 5) is 12.5. The lowest BCUT2D eigenvalue weighted by Crippen LogP contribution is -2.50. The Morgan fingerprint density at radius 1 is 0.683 bits per heavy atom. The molecule has 8 heteroatoms. The summed E-state index contributed by atoms with van der Waals surface area (Å²) < 4.78 is 32.2. The van der Waals surface area contributed by atoms with Gasteiger partial charge in [-0.25, -0.2) is 0 Å². The molecule has 0 bridgehead atoms. The van der Waals surface area contributed by atoms with Crippen LogP contribution in [0.5, 0.6) is 0 Å². The molecule has 0 fully saturated rings. The number of amides is 1. The number of hydrogen-bond donors (Lipinski definition) is 4. The smallest absolute Gasteiger partial charge is 0.267 e. The molecule has 0 aliphatic carbocycles. The Morgan fingerprint density at radius 2 is 1.12 bits per heavy atom. The van der Waals surface area contributed by atoms with Crippen LogP contribution in [0.4, 0.5) is 0 Å². The van der Waals surface area contributed by atoms with Crippen molar-refractivity contribution in [2.45, 2.75) is 161 Å². The van der Waals surface area contributed by atoms with Gasteiger partial charge in [0.15, 0.2) is 0 Å². The molecule has 1 amide bonds. The highest BCUT2D eigenvalue weighted by molar-refractivity contribution is 7.85. The van der Waals surface area contributed by atoms with E-state index in [1.165, 1.54) is 70.3 Å². The maximum Gasteiger partial charge on any atom is 0.267 e. The number of aliphatic hydroxyl groups is 2. The fourth-order valence-corrected chi connectivity index (χ4v) is 5.40. The average molecular weight is 600 g/mol. The summed E-state index contributed by atoms with van der Waals surface area (Å²) in [6.07, 6.45) is 30.7. The molecule has 3 unspecified atom stereocenters. The Balaban J connectivity index is 4.21. The molecule has 0 aromatic rings. The number of carbonyl (C=O) groups is 1. The van der Waals surface area contributed by atoms with Crippen LogP contribution in [0.3, 0.4) is 0 Å². The Bertz CT molecular complexity index is 809. The van der Waals surface area contributed by atoms with Crippen LogP contribution in [0, 0.1) is 0 Å². The molecule has 0 aromatic carbocycles. The number of carbonyl (C=O) groups excluding carboxylic acids is 1. The zero-order valence-corrected chi connectivity index (χ0v) is 26.8. The van der Waals surface area contributed by atoms with Gasteiger partial charge in [-0.2, -0.15) is 8.42 Å². The number of aliphatic hydroxyl groups excluding tert-OH is 2. The third-order valence-electron chi connectivity index (χ3n) is 7.17. The first-order valence-electron chi connectivity index (χ1n) is 16.3. The van der Waals surface area contributed by atoms with Crippen LogP contribution in [0.15, 0.2) is 36.5 Å². The Morgan fingerprint density at radius 3 is 1.59 bits per heavy atom. The summed E-state index contributed by atoms with van der Waals surface area (Å²) in [7, 11) is -4.44. The first-order valence-corrected chi connectivity index (χ1v) is 17.9. The van der Waals surface area contributed by atoms with Crippen LogP contribution in [-0.2, 0) is 14.9 Å². The van der Waals surface area contributed by atoms with Crippen LogP contribution < -0.4 is 5.32 Å². The van der Waals surface area contributed by atoms with Gasteiger partial charge in [-0.15, -0.1) is 0 Å². The molecular formula is C33H61NO6S. The highest BCUT2D eigenvalue weighted by Crippen LogP contribution is 2.14. The largest absolute Gasteiger partial charge is 0.387 e. The molecule has 41 heavy (non-hydrogen) atoms. The van der Waals surface area contributed by atoms with Crippen molar-refractivity contribution < 1.29 is 28.0 Å². The molecule has 3 atom stereocenters. The standard InChI is InChI=1S/C33H61NO6S/c1-3-5-7-9-11-13-15-16-17-18-20-22-24-26-28-32(36)33(37)34-30(29-41(38,39)40)31(35)27-25-23-21-19-14-12-10-8-6-4-2/h6,8,14,19,25,27,30-32,35-36H,3-5,7,9-13,15-18,20-24,26,28-29H2,1-2H3,(H,34,37)(H,38,39,40)/b8-6+,19-14+,27-25+. The van der Waals surface area contributed by atoms with Gasteiger partial charge in [0, 0.05) is 0 Å². The molecule has 240 valence electrons. The monoisotopic (exact) mass is 599 g/mol. The number of rotatable bonds is 28. The molecule has 4 N–H and O–H groups in total. The fourth-order valence-electron chi connectivity index (χ4n) is 4.67. The molecule has 0 aromatic heterocycles. The second-order valence-electron chi connectivity index (χ2n) is 11.2. The van der Waals surface area contributed by atoms with Crippen LogP contribution in [-0.4, -0.2) is 53.1 Å². The van der Waals surface area contributed by atoms with Crippen molar-refractivity contribution in [3.8, 4) is 0 Å². The molecule has 0 aliphatic heterocycles. The maximum atomic E-state index is 12.5. The minimum atomic E-state index is -4.44.